The number of benzene rings is 1. The quantitative estimate of drug-likeness (QED) is 0.921. The van der Waals surface area contributed by atoms with Gasteiger partial charge in [-0.3, -0.25) is 9.69 Å². The number of aromatic nitrogens is 2. The average Bonchev–Trinajstić information content (AvgIpc) is 3.11. The summed E-state index contributed by atoms with van der Waals surface area (Å²) in [5.74, 6) is 0.335. The van der Waals surface area contributed by atoms with Crippen LogP contribution in [0.3, 0.4) is 0 Å². The van der Waals surface area contributed by atoms with Crippen LogP contribution in [0, 0.1) is 5.92 Å². The normalized spacial score (nSPS) is 18.7. The van der Waals surface area contributed by atoms with Gasteiger partial charge in [0.05, 0.1) is 12.2 Å². The highest BCUT2D eigenvalue weighted by Gasteiger charge is 2.25. The van der Waals surface area contributed by atoms with Crippen molar-refractivity contribution in [3.05, 3.63) is 48.5 Å². The van der Waals surface area contributed by atoms with E-state index in [-0.39, 0.29) is 11.8 Å². The Morgan fingerprint density at radius 1 is 1.35 bits per heavy atom. The molecular formula is C18H24N4O. The number of imidazole rings is 1. The van der Waals surface area contributed by atoms with E-state index in [1.54, 1.807) is 12.5 Å². The van der Waals surface area contributed by atoms with Crippen molar-refractivity contribution in [3.8, 4) is 5.69 Å². The maximum atomic E-state index is 12.0. The molecule has 122 valence electrons. The SMILES string of the molecule is CCNC(=O)[C@H]1CCCN(Cc2ccc(-n3ccnc3)cc2)C1. The number of nitrogens with one attached hydrogen (secondary N) is 1. The molecule has 0 saturated carbocycles. The second-order valence-corrected chi connectivity index (χ2v) is 6.11. The first-order valence-corrected chi connectivity index (χ1v) is 8.33. The van der Waals surface area contributed by atoms with E-state index >= 15 is 0 Å². The van der Waals surface area contributed by atoms with Crippen LogP contribution >= 0.6 is 0 Å². The summed E-state index contributed by atoms with van der Waals surface area (Å²) >= 11 is 0. The van der Waals surface area contributed by atoms with E-state index in [0.717, 1.165) is 38.2 Å². The number of carbonyl (C=O) groups is 1. The summed E-state index contributed by atoms with van der Waals surface area (Å²) in [6, 6.07) is 8.54. The summed E-state index contributed by atoms with van der Waals surface area (Å²) in [5.41, 5.74) is 2.40. The number of hydrogen-bond acceptors (Lipinski definition) is 3. The van der Waals surface area contributed by atoms with Crippen LogP contribution in [0.5, 0.6) is 0 Å². The topological polar surface area (TPSA) is 50.2 Å². The van der Waals surface area contributed by atoms with Gasteiger partial charge in [0.2, 0.25) is 5.91 Å². The van der Waals surface area contributed by atoms with Crippen LogP contribution in [0.4, 0.5) is 0 Å². The lowest BCUT2D eigenvalue weighted by molar-refractivity contribution is -0.126. The van der Waals surface area contributed by atoms with Crippen LogP contribution < -0.4 is 5.32 Å². The van der Waals surface area contributed by atoms with Gasteiger partial charge in [0.1, 0.15) is 0 Å². The van der Waals surface area contributed by atoms with Gasteiger partial charge in [-0.1, -0.05) is 12.1 Å². The molecule has 5 nitrogen and oxygen atoms in total. The molecule has 2 heterocycles. The van der Waals surface area contributed by atoms with Crippen molar-refractivity contribution in [2.75, 3.05) is 19.6 Å². The van der Waals surface area contributed by atoms with Crippen molar-refractivity contribution in [2.45, 2.75) is 26.3 Å². The largest absolute Gasteiger partial charge is 0.356 e. The summed E-state index contributed by atoms with van der Waals surface area (Å²) in [4.78, 5) is 18.5. The Balaban J connectivity index is 1.59. The number of hydrogen-bond donors (Lipinski definition) is 1. The summed E-state index contributed by atoms with van der Waals surface area (Å²) in [7, 11) is 0. The van der Waals surface area contributed by atoms with Crippen molar-refractivity contribution in [1.82, 2.24) is 19.8 Å². The van der Waals surface area contributed by atoms with Gasteiger partial charge < -0.3 is 9.88 Å². The Bertz CT molecular complexity index is 621. The van der Waals surface area contributed by atoms with Gasteiger partial charge in [0.15, 0.2) is 0 Å². The maximum absolute atomic E-state index is 12.0. The standard InChI is InChI=1S/C18H24N4O/c1-2-20-18(23)16-4-3-10-21(13-16)12-15-5-7-17(8-6-15)22-11-9-19-14-22/h5-9,11,14,16H,2-4,10,12-13H2,1H3,(H,20,23)/t16-/m0/s1. The highest BCUT2D eigenvalue weighted by molar-refractivity contribution is 5.78. The molecule has 23 heavy (non-hydrogen) atoms. The van der Waals surface area contributed by atoms with E-state index in [2.05, 4.69) is 39.5 Å². The molecule has 0 unspecified atom stereocenters. The van der Waals surface area contributed by atoms with Crippen molar-refractivity contribution in [2.24, 2.45) is 5.92 Å². The molecule has 1 aliphatic rings. The second kappa shape index (κ2) is 7.42. The Kier molecular flexibility index (Phi) is 5.08. The third kappa shape index (κ3) is 3.99. The smallest absolute Gasteiger partial charge is 0.224 e. The fraction of sp³-hybridized carbons (Fsp3) is 0.444. The summed E-state index contributed by atoms with van der Waals surface area (Å²) in [5, 5.41) is 2.95. The molecule has 1 fully saturated rings. The fourth-order valence-corrected chi connectivity index (χ4v) is 3.18. The van der Waals surface area contributed by atoms with Gasteiger partial charge in [0, 0.05) is 37.7 Å². The Hall–Kier alpha value is -2.14. The summed E-state index contributed by atoms with van der Waals surface area (Å²) in [6.07, 6.45) is 7.62. The first-order valence-electron chi connectivity index (χ1n) is 8.33. The molecule has 1 aliphatic heterocycles. The minimum Gasteiger partial charge on any atom is -0.356 e. The van der Waals surface area contributed by atoms with Gasteiger partial charge in [-0.2, -0.15) is 0 Å². The van der Waals surface area contributed by atoms with E-state index in [4.69, 9.17) is 0 Å². The van der Waals surface area contributed by atoms with Crippen LogP contribution in [0.15, 0.2) is 43.0 Å². The number of carbonyl (C=O) groups excluding carboxylic acids is 1. The molecule has 1 amide bonds. The number of likely N-dealkylation sites (tertiary alicyclic amines) is 1. The Morgan fingerprint density at radius 2 is 2.17 bits per heavy atom. The molecule has 5 heteroatoms. The number of nitrogens with zero attached hydrogens (tertiary/aromatic N) is 3. The molecule has 1 N–H and O–H groups in total. The zero-order valence-corrected chi connectivity index (χ0v) is 13.6. The maximum Gasteiger partial charge on any atom is 0.224 e. The van der Waals surface area contributed by atoms with Crippen molar-refractivity contribution in [3.63, 3.8) is 0 Å². The average molecular weight is 312 g/mol. The molecule has 0 bridgehead atoms. The van der Waals surface area contributed by atoms with Crippen molar-refractivity contribution >= 4 is 5.91 Å². The van der Waals surface area contributed by atoms with Gasteiger partial charge in [-0.25, -0.2) is 4.98 Å². The van der Waals surface area contributed by atoms with Crippen LogP contribution in [0.25, 0.3) is 5.69 Å². The molecule has 0 spiro atoms. The van der Waals surface area contributed by atoms with Crippen LogP contribution in [-0.4, -0.2) is 40.0 Å². The molecule has 2 aromatic rings. The first-order chi connectivity index (χ1) is 11.3. The van der Waals surface area contributed by atoms with Crippen LogP contribution in [-0.2, 0) is 11.3 Å². The van der Waals surface area contributed by atoms with Gasteiger partial charge in [-0.15, -0.1) is 0 Å². The zero-order chi connectivity index (χ0) is 16.1. The second-order valence-electron chi connectivity index (χ2n) is 6.11. The lowest BCUT2D eigenvalue weighted by Gasteiger charge is -2.32. The Morgan fingerprint density at radius 3 is 2.87 bits per heavy atom. The van der Waals surface area contributed by atoms with Gasteiger partial charge in [-0.05, 0) is 44.0 Å². The predicted molar refractivity (Wildman–Crippen MR) is 90.2 cm³/mol. The molecule has 1 aromatic carbocycles. The number of rotatable bonds is 5. The van der Waals surface area contributed by atoms with Crippen molar-refractivity contribution in [1.29, 1.82) is 0 Å². The Labute approximate surface area is 137 Å². The van der Waals surface area contributed by atoms with E-state index < -0.39 is 0 Å². The predicted octanol–water partition coefficient (Wildman–Crippen LogP) is 2.22. The van der Waals surface area contributed by atoms with Gasteiger partial charge in [0.25, 0.3) is 0 Å². The highest BCUT2D eigenvalue weighted by atomic mass is 16.1. The molecule has 0 radical (unpaired) electrons. The van der Waals surface area contributed by atoms with E-state index in [0.29, 0.717) is 6.54 Å². The van der Waals surface area contributed by atoms with E-state index in [9.17, 15) is 4.79 Å². The highest BCUT2D eigenvalue weighted by Crippen LogP contribution is 2.19. The number of amides is 1. The lowest BCUT2D eigenvalue weighted by atomic mass is 9.96. The third-order valence-corrected chi connectivity index (χ3v) is 4.37. The third-order valence-electron chi connectivity index (χ3n) is 4.37. The van der Waals surface area contributed by atoms with Crippen LogP contribution in [0.1, 0.15) is 25.3 Å². The minimum atomic E-state index is 0.133. The first kappa shape index (κ1) is 15.7. The fourth-order valence-electron chi connectivity index (χ4n) is 3.18. The lowest BCUT2D eigenvalue weighted by Crippen LogP contribution is -2.42. The summed E-state index contributed by atoms with van der Waals surface area (Å²) in [6.45, 7) is 5.51. The van der Waals surface area contributed by atoms with Gasteiger partial charge >= 0.3 is 0 Å². The number of piperidine rings is 1. The zero-order valence-electron chi connectivity index (χ0n) is 13.6. The minimum absolute atomic E-state index is 0.133. The molecule has 1 atom stereocenters. The van der Waals surface area contributed by atoms with E-state index in [1.165, 1.54) is 5.56 Å². The monoisotopic (exact) mass is 312 g/mol. The van der Waals surface area contributed by atoms with E-state index in [1.807, 2.05) is 17.7 Å². The molecule has 1 aromatic heterocycles. The van der Waals surface area contributed by atoms with Crippen molar-refractivity contribution < 1.29 is 4.79 Å². The molecule has 0 aliphatic carbocycles. The molecule has 3 rings (SSSR count). The van der Waals surface area contributed by atoms with Crippen LogP contribution in [0.2, 0.25) is 0 Å². The molecule has 1 saturated heterocycles. The molecular weight excluding hydrogens is 288 g/mol. The summed E-state index contributed by atoms with van der Waals surface area (Å²) < 4.78 is 2.00.